The molecule has 1 saturated heterocycles. The Bertz CT molecular complexity index is 943. The maximum atomic E-state index is 12.7. The van der Waals surface area contributed by atoms with E-state index in [4.69, 9.17) is 0 Å². The van der Waals surface area contributed by atoms with Crippen LogP contribution in [0.2, 0.25) is 0 Å². The van der Waals surface area contributed by atoms with E-state index in [1.54, 1.807) is 13.0 Å². The summed E-state index contributed by atoms with van der Waals surface area (Å²) in [6, 6.07) is 12.4. The van der Waals surface area contributed by atoms with E-state index in [1.807, 2.05) is 43.3 Å². The van der Waals surface area contributed by atoms with Crippen LogP contribution in [-0.4, -0.2) is 40.8 Å². The highest BCUT2D eigenvalue weighted by Crippen LogP contribution is 2.22. The smallest absolute Gasteiger partial charge is 0.342 e. The van der Waals surface area contributed by atoms with E-state index in [0.717, 1.165) is 10.4 Å². The molecule has 0 radical (unpaired) electrons. The average Bonchev–Trinajstić information content (AvgIpc) is 3.23. The van der Waals surface area contributed by atoms with Crippen molar-refractivity contribution >= 4 is 35.1 Å². The summed E-state index contributed by atoms with van der Waals surface area (Å²) in [6.07, 6.45) is 0.990. The number of benzene rings is 1. The minimum Gasteiger partial charge on any atom is -0.342 e. The highest BCUT2D eigenvalue weighted by Gasteiger charge is 2.48. The maximum Gasteiger partial charge on any atom is 0.344 e. The van der Waals surface area contributed by atoms with Gasteiger partial charge in [-0.1, -0.05) is 30.3 Å². The van der Waals surface area contributed by atoms with Crippen LogP contribution < -0.4 is 16.1 Å². The Hall–Kier alpha value is -3.20. The highest BCUT2D eigenvalue weighted by atomic mass is 32.1. The van der Waals surface area contributed by atoms with E-state index in [0.29, 0.717) is 22.7 Å². The van der Waals surface area contributed by atoms with Gasteiger partial charge in [0.1, 0.15) is 5.54 Å². The van der Waals surface area contributed by atoms with Crippen molar-refractivity contribution in [3.63, 3.8) is 0 Å². The van der Waals surface area contributed by atoms with Gasteiger partial charge in [0.25, 0.3) is 17.7 Å². The van der Waals surface area contributed by atoms with Gasteiger partial charge < -0.3 is 10.6 Å². The number of carbonyl (C=O) groups excluding carboxylic acids is 4. The fraction of sp³-hybridized carbons (Fsp3) is 0.300. The third-order valence-corrected chi connectivity index (χ3v) is 5.63. The van der Waals surface area contributed by atoms with Crippen molar-refractivity contribution in [3.8, 4) is 0 Å². The molecule has 8 nitrogen and oxygen atoms in total. The lowest BCUT2D eigenvalue weighted by atomic mass is 9.93. The number of aryl methyl sites for hydroxylation is 2. The van der Waals surface area contributed by atoms with Gasteiger partial charge in [0.05, 0.1) is 11.4 Å². The van der Waals surface area contributed by atoms with Gasteiger partial charge >= 0.3 is 6.03 Å². The lowest BCUT2D eigenvalue weighted by molar-refractivity contribution is -0.138. The fourth-order valence-corrected chi connectivity index (χ4v) is 3.75. The number of thiophene rings is 1. The number of amides is 5. The second kappa shape index (κ2) is 8.44. The molecule has 0 bridgehead atoms. The average molecular weight is 414 g/mol. The molecule has 3 rings (SSSR count). The minimum atomic E-state index is -1.11. The lowest BCUT2D eigenvalue weighted by Crippen LogP contribution is -2.51. The van der Waals surface area contributed by atoms with Crippen molar-refractivity contribution in [1.82, 2.24) is 21.1 Å². The lowest BCUT2D eigenvalue weighted by Gasteiger charge is -2.21. The van der Waals surface area contributed by atoms with Gasteiger partial charge in [-0.15, -0.1) is 11.3 Å². The Balaban J connectivity index is 1.53. The predicted molar refractivity (Wildman–Crippen MR) is 108 cm³/mol. The molecule has 0 saturated carbocycles. The first-order chi connectivity index (χ1) is 13.8. The largest absolute Gasteiger partial charge is 0.344 e. The van der Waals surface area contributed by atoms with E-state index >= 15 is 0 Å². The number of hydrogen-bond donors (Lipinski definition) is 3. The van der Waals surface area contributed by atoms with Crippen molar-refractivity contribution < 1.29 is 19.2 Å². The van der Waals surface area contributed by atoms with Crippen LogP contribution in [0.4, 0.5) is 4.79 Å². The van der Waals surface area contributed by atoms with Gasteiger partial charge in [-0.2, -0.15) is 5.01 Å². The van der Waals surface area contributed by atoms with Crippen LogP contribution >= 0.6 is 11.3 Å². The Labute approximate surface area is 172 Å². The van der Waals surface area contributed by atoms with Crippen LogP contribution in [0, 0.1) is 6.92 Å². The molecule has 1 aromatic heterocycles. The van der Waals surface area contributed by atoms with Gasteiger partial charge in [0.15, 0.2) is 0 Å². The summed E-state index contributed by atoms with van der Waals surface area (Å²) < 4.78 is 0. The van der Waals surface area contributed by atoms with Gasteiger partial charge in [-0.3, -0.25) is 19.8 Å². The molecule has 9 heteroatoms. The first-order valence-corrected chi connectivity index (χ1v) is 9.95. The molecule has 5 amide bonds. The summed E-state index contributed by atoms with van der Waals surface area (Å²) in [7, 11) is 0. The molecule has 29 heavy (non-hydrogen) atoms. The topological polar surface area (TPSA) is 108 Å². The Morgan fingerprint density at radius 3 is 2.52 bits per heavy atom. The van der Waals surface area contributed by atoms with Gasteiger partial charge in [0, 0.05) is 4.88 Å². The molecular weight excluding hydrogens is 392 g/mol. The molecule has 1 unspecified atom stereocenters. The van der Waals surface area contributed by atoms with Crippen LogP contribution in [0.15, 0.2) is 42.5 Å². The predicted octanol–water partition coefficient (Wildman–Crippen LogP) is 1.76. The van der Waals surface area contributed by atoms with Crippen LogP contribution in [0.25, 0.3) is 0 Å². The van der Waals surface area contributed by atoms with Crippen molar-refractivity contribution in [2.24, 2.45) is 0 Å². The molecule has 152 valence electrons. The van der Waals surface area contributed by atoms with Gasteiger partial charge in [0.2, 0.25) is 0 Å². The second-order valence-electron chi connectivity index (χ2n) is 7.02. The molecule has 0 aliphatic carbocycles. The minimum absolute atomic E-state index is 0.354. The number of nitrogens with zero attached hydrogens (tertiary/aromatic N) is 1. The number of carbonyl (C=O) groups is 4. The number of nitrogens with one attached hydrogen (secondary N) is 3. The number of urea groups is 1. The summed E-state index contributed by atoms with van der Waals surface area (Å²) in [5.41, 5.74) is 2.20. The first-order valence-electron chi connectivity index (χ1n) is 9.13. The number of hydrazine groups is 1. The second-order valence-corrected chi connectivity index (χ2v) is 8.30. The van der Waals surface area contributed by atoms with Crippen LogP contribution in [0.1, 0.15) is 33.5 Å². The van der Waals surface area contributed by atoms with Crippen molar-refractivity contribution in [2.75, 3.05) is 6.54 Å². The number of rotatable bonds is 7. The number of imide groups is 1. The molecule has 1 aliphatic rings. The van der Waals surface area contributed by atoms with Crippen molar-refractivity contribution in [2.45, 2.75) is 32.2 Å². The molecular formula is C20H22N4O4S. The third-order valence-electron chi connectivity index (χ3n) is 4.63. The van der Waals surface area contributed by atoms with Gasteiger partial charge in [-0.05, 0) is 44.4 Å². The molecule has 1 aliphatic heterocycles. The van der Waals surface area contributed by atoms with E-state index in [1.165, 1.54) is 11.3 Å². The van der Waals surface area contributed by atoms with E-state index < -0.39 is 23.4 Å². The summed E-state index contributed by atoms with van der Waals surface area (Å²) in [5.74, 6) is -1.59. The monoisotopic (exact) mass is 414 g/mol. The molecule has 1 fully saturated rings. The zero-order valence-electron chi connectivity index (χ0n) is 16.2. The Morgan fingerprint density at radius 1 is 1.14 bits per heavy atom. The zero-order valence-corrected chi connectivity index (χ0v) is 17.0. The zero-order chi connectivity index (χ0) is 21.0. The molecule has 0 spiro atoms. The molecule has 2 aromatic rings. The van der Waals surface area contributed by atoms with Crippen molar-refractivity contribution in [3.05, 3.63) is 57.8 Å². The molecule has 1 aromatic carbocycles. The molecule has 3 N–H and O–H groups in total. The van der Waals surface area contributed by atoms with Crippen molar-refractivity contribution in [1.29, 1.82) is 0 Å². The fourth-order valence-electron chi connectivity index (χ4n) is 2.96. The highest BCUT2D eigenvalue weighted by molar-refractivity contribution is 7.13. The summed E-state index contributed by atoms with van der Waals surface area (Å²) in [4.78, 5) is 50.5. The number of hydrogen-bond acceptors (Lipinski definition) is 5. The van der Waals surface area contributed by atoms with Crippen LogP contribution in [0.3, 0.4) is 0 Å². The van der Waals surface area contributed by atoms with E-state index in [-0.39, 0.29) is 12.5 Å². The standard InChI is InChI=1S/C20H22N4O4S/c1-13-8-9-15(29-13)17(26)21-12-16(25)23-24-18(27)20(2,22-19(24)28)11-10-14-6-4-3-5-7-14/h3-9H,10-12H2,1-2H3,(H,21,26)(H,22,28)(H,23,25). The van der Waals surface area contributed by atoms with E-state index in [2.05, 4.69) is 16.1 Å². The molecule has 1 atom stereocenters. The van der Waals surface area contributed by atoms with Crippen LogP contribution in [-0.2, 0) is 16.0 Å². The first kappa shape index (κ1) is 20.5. The van der Waals surface area contributed by atoms with Gasteiger partial charge in [-0.25, -0.2) is 4.79 Å². The summed E-state index contributed by atoms with van der Waals surface area (Å²) in [5, 5.41) is 5.78. The summed E-state index contributed by atoms with van der Waals surface area (Å²) in [6.45, 7) is 3.15. The Kier molecular flexibility index (Phi) is 5.97. The van der Waals surface area contributed by atoms with E-state index in [9.17, 15) is 19.2 Å². The third kappa shape index (κ3) is 4.80. The van der Waals surface area contributed by atoms with Crippen LogP contribution in [0.5, 0.6) is 0 Å². The summed E-state index contributed by atoms with van der Waals surface area (Å²) >= 11 is 1.31. The quantitative estimate of drug-likeness (QED) is 0.600. The Morgan fingerprint density at radius 2 is 1.86 bits per heavy atom. The normalized spacial score (nSPS) is 18.5. The molecule has 2 heterocycles. The maximum absolute atomic E-state index is 12.7. The SMILES string of the molecule is Cc1ccc(C(=O)NCC(=O)NN2C(=O)NC(C)(CCc3ccccc3)C2=O)s1.